The summed E-state index contributed by atoms with van der Waals surface area (Å²) in [7, 11) is 0. The minimum Gasteiger partial charge on any atom is -0.396 e. The molecule has 4 N–H and O–H groups in total. The van der Waals surface area contributed by atoms with Crippen molar-refractivity contribution in [1.29, 1.82) is 0 Å². The molecule has 4 fully saturated rings. The molecule has 0 bridgehead atoms. The molecule has 314 valence electrons. The smallest absolute Gasteiger partial charge is 0.258 e. The molecule has 4 aliphatic heterocycles. The normalized spacial score (nSPS) is 20.2. The van der Waals surface area contributed by atoms with Crippen LogP contribution in [0.3, 0.4) is 0 Å². The Morgan fingerprint density at radius 1 is 0.900 bits per heavy atom. The number of rotatable bonds is 10. The van der Waals surface area contributed by atoms with Crippen LogP contribution in [0.1, 0.15) is 78.1 Å². The molecule has 9 rings (SSSR count). The topological polar surface area (TPSA) is 178 Å². The van der Waals surface area contributed by atoms with Gasteiger partial charge in [0.05, 0.1) is 44.3 Å². The number of hydrogen-bond donors (Lipinski definition) is 4. The molecule has 0 aliphatic carbocycles. The molecule has 60 heavy (non-hydrogen) atoms. The number of carbonyl (C=O) groups is 4. The molecule has 0 spiro atoms. The summed E-state index contributed by atoms with van der Waals surface area (Å²) in [5, 5.41) is 25.6. The van der Waals surface area contributed by atoms with Crippen LogP contribution in [0.5, 0.6) is 0 Å². The Morgan fingerprint density at radius 2 is 1.67 bits per heavy atom. The van der Waals surface area contributed by atoms with E-state index in [1.165, 1.54) is 29.8 Å². The molecule has 4 amide bonds. The summed E-state index contributed by atoms with van der Waals surface area (Å²) in [6.07, 6.45) is 11.3. The third kappa shape index (κ3) is 8.43. The highest BCUT2D eigenvalue weighted by molar-refractivity contribution is 7.17. The number of nitrogens with one attached hydrogen (secondary N) is 3. The number of benzene rings is 2. The molecule has 4 aliphatic rings. The van der Waals surface area contributed by atoms with E-state index in [1.54, 1.807) is 12.3 Å². The van der Waals surface area contributed by atoms with Crippen LogP contribution in [0.15, 0.2) is 54.4 Å². The Kier molecular flexibility index (Phi) is 11.5. The molecule has 3 aromatic heterocycles. The summed E-state index contributed by atoms with van der Waals surface area (Å²) in [4.78, 5) is 65.4. The minimum atomic E-state index is -0.864. The fourth-order valence-electron chi connectivity index (χ4n) is 9.18. The van der Waals surface area contributed by atoms with E-state index < -0.39 is 23.7 Å². The van der Waals surface area contributed by atoms with Gasteiger partial charge in [-0.25, -0.2) is 14.4 Å². The van der Waals surface area contributed by atoms with Crippen LogP contribution in [0.2, 0.25) is 0 Å². The van der Waals surface area contributed by atoms with Gasteiger partial charge in [-0.1, -0.05) is 0 Å². The molecule has 0 radical (unpaired) electrons. The zero-order valence-corrected chi connectivity index (χ0v) is 34.1. The van der Waals surface area contributed by atoms with Crippen LogP contribution in [-0.2, 0) is 9.59 Å². The fourth-order valence-corrected chi connectivity index (χ4v) is 10.0. The van der Waals surface area contributed by atoms with E-state index in [2.05, 4.69) is 57.6 Å². The number of piperidine rings is 4. The molecule has 5 aromatic rings. The van der Waals surface area contributed by atoms with Crippen molar-refractivity contribution in [1.82, 2.24) is 35.3 Å². The van der Waals surface area contributed by atoms with Gasteiger partial charge in [0.2, 0.25) is 11.8 Å². The van der Waals surface area contributed by atoms with Crippen molar-refractivity contribution < 1.29 is 28.7 Å². The quantitative estimate of drug-likeness (QED) is 0.143. The second-order valence-electron chi connectivity index (χ2n) is 16.6. The van der Waals surface area contributed by atoms with E-state index in [-0.39, 0.29) is 48.8 Å². The molecule has 15 nitrogen and oxygen atoms in total. The lowest BCUT2D eigenvalue weighted by Crippen LogP contribution is -2.52. The average Bonchev–Trinajstić information content (AvgIpc) is 3.89. The van der Waals surface area contributed by atoms with E-state index in [9.17, 15) is 24.3 Å². The lowest BCUT2D eigenvalue weighted by Gasteiger charge is -2.38. The van der Waals surface area contributed by atoms with Gasteiger partial charge in [-0.05, 0) is 87.1 Å². The third-order valence-corrected chi connectivity index (χ3v) is 13.7. The van der Waals surface area contributed by atoms with Crippen LogP contribution in [0, 0.1) is 17.7 Å². The van der Waals surface area contributed by atoms with Crippen molar-refractivity contribution in [3.63, 3.8) is 0 Å². The monoisotopic (exact) mass is 836 g/mol. The zero-order chi connectivity index (χ0) is 41.3. The van der Waals surface area contributed by atoms with Crippen molar-refractivity contribution >= 4 is 73.1 Å². The highest BCUT2D eigenvalue weighted by Crippen LogP contribution is 2.36. The van der Waals surface area contributed by atoms with Crippen LogP contribution in [0.25, 0.3) is 21.1 Å². The third-order valence-electron chi connectivity index (χ3n) is 12.8. The highest BCUT2D eigenvalue weighted by Gasteiger charge is 2.31. The van der Waals surface area contributed by atoms with Gasteiger partial charge in [0.15, 0.2) is 0 Å². The predicted molar refractivity (Wildman–Crippen MR) is 227 cm³/mol. The Labute approximate surface area is 350 Å². The first kappa shape index (κ1) is 39.9. The summed E-state index contributed by atoms with van der Waals surface area (Å²) < 4.78 is 18.1. The predicted octanol–water partition coefficient (Wildman–Crippen LogP) is 4.73. The van der Waals surface area contributed by atoms with Gasteiger partial charge in [-0.2, -0.15) is 5.10 Å². The largest absolute Gasteiger partial charge is 0.396 e. The van der Waals surface area contributed by atoms with Gasteiger partial charge in [-0.3, -0.25) is 29.2 Å². The second-order valence-corrected chi connectivity index (χ2v) is 17.5. The van der Waals surface area contributed by atoms with E-state index in [0.29, 0.717) is 17.0 Å². The number of aromatic nitrogens is 4. The summed E-state index contributed by atoms with van der Waals surface area (Å²) in [5.41, 5.74) is 4.33. The molecular weight excluding hydrogens is 788 g/mol. The first-order valence-corrected chi connectivity index (χ1v) is 21.9. The Hall–Kier alpha value is -5.52. The lowest BCUT2D eigenvalue weighted by molar-refractivity contribution is -0.134. The molecule has 1 atom stereocenters. The van der Waals surface area contributed by atoms with Gasteiger partial charge in [0, 0.05) is 87.7 Å². The Bertz CT molecular complexity index is 2420. The van der Waals surface area contributed by atoms with E-state index in [0.717, 1.165) is 117 Å². The SMILES string of the molecule is O=C1CC[C@H](NC(=O)c2ccc(N3CCC(CN4CCC(n5cc6cc(NC(=O)c7csc8cncnc78)c(N7CCC(CO)CC7)cc6n5)CC4)CC3)cc2F)C(=O)N1. The Balaban J connectivity index is 0.801. The number of fused-ring (bicyclic) bond motifs is 2. The van der Waals surface area contributed by atoms with Crippen molar-refractivity contribution in [2.75, 3.05) is 67.5 Å². The van der Waals surface area contributed by atoms with E-state index in [1.807, 2.05) is 11.4 Å². The molecule has 7 heterocycles. The molecule has 0 unspecified atom stereocenters. The van der Waals surface area contributed by atoms with Crippen LogP contribution in [-0.4, -0.2) is 112 Å². The van der Waals surface area contributed by atoms with E-state index >= 15 is 4.39 Å². The first-order chi connectivity index (χ1) is 29.2. The average molecular weight is 837 g/mol. The second kappa shape index (κ2) is 17.2. The number of thiophene rings is 1. The number of imide groups is 1. The summed E-state index contributed by atoms with van der Waals surface area (Å²) in [5.74, 6) is -1.67. The number of aliphatic hydroxyl groups is 1. The van der Waals surface area contributed by atoms with Crippen LogP contribution < -0.4 is 25.8 Å². The van der Waals surface area contributed by atoms with Crippen LogP contribution in [0.4, 0.5) is 21.5 Å². The van der Waals surface area contributed by atoms with Crippen molar-refractivity contribution in [2.45, 2.75) is 63.5 Å². The number of anilines is 3. The maximum atomic E-state index is 15.2. The molecule has 2 aromatic carbocycles. The van der Waals surface area contributed by atoms with Crippen molar-refractivity contribution in [2.24, 2.45) is 11.8 Å². The van der Waals surface area contributed by atoms with Crippen LogP contribution >= 0.6 is 11.3 Å². The van der Waals surface area contributed by atoms with Crippen molar-refractivity contribution in [3.8, 4) is 0 Å². The van der Waals surface area contributed by atoms with Gasteiger partial charge in [-0.15, -0.1) is 11.3 Å². The first-order valence-electron chi connectivity index (χ1n) is 21.0. The highest BCUT2D eigenvalue weighted by atomic mass is 32.1. The fraction of sp³-hybridized carbons (Fsp3) is 0.465. The number of nitrogens with zero attached hydrogens (tertiary/aromatic N) is 7. The zero-order valence-electron chi connectivity index (χ0n) is 33.3. The maximum absolute atomic E-state index is 15.2. The van der Waals surface area contributed by atoms with Gasteiger partial charge in [0.1, 0.15) is 18.2 Å². The van der Waals surface area contributed by atoms with Gasteiger partial charge in [0.25, 0.3) is 11.8 Å². The number of carbonyl (C=O) groups excluding carboxylic acids is 4. The lowest BCUT2D eigenvalue weighted by atomic mass is 9.94. The van der Waals surface area contributed by atoms with E-state index in [4.69, 9.17) is 5.10 Å². The molecule has 17 heteroatoms. The molecular formula is C43H49FN10O5S. The number of likely N-dealkylation sites (tertiary alicyclic amines) is 1. The minimum absolute atomic E-state index is 0.127. The van der Waals surface area contributed by atoms with Gasteiger partial charge >= 0.3 is 0 Å². The maximum Gasteiger partial charge on any atom is 0.258 e. The summed E-state index contributed by atoms with van der Waals surface area (Å²) >= 11 is 1.45. The summed E-state index contributed by atoms with van der Waals surface area (Å²) in [6, 6.07) is 8.15. The summed E-state index contributed by atoms with van der Waals surface area (Å²) in [6.45, 7) is 6.31. The number of aliphatic hydroxyl groups excluding tert-OH is 1. The van der Waals surface area contributed by atoms with Crippen molar-refractivity contribution in [3.05, 3.63) is 71.4 Å². The number of hydrogen-bond acceptors (Lipinski definition) is 12. The standard InChI is InChI=1S/C43H49FN10O5S/c44-33-18-30(1-2-31(33)41(57)47-34-3-4-39(56)49-43(34)59)52-13-5-26(6-14-52)21-51-11-9-29(10-12-51)54-22-28-17-36(48-42(58)32-24-60-38-20-45-25-46-40(32)38)37(19-35(28)50-54)53-15-7-27(23-55)8-16-53/h1-2,17-20,22,24-27,29,34,55H,3-16,21,23H2,(H,47,57)(H,48,58)(H,49,56,59)/t34-/m0/s1. The number of halogens is 1. The molecule has 4 saturated heterocycles. The molecule has 0 saturated carbocycles. The Morgan fingerprint density at radius 3 is 2.42 bits per heavy atom. The van der Waals surface area contributed by atoms with Gasteiger partial charge < -0.3 is 30.4 Å². The number of amides is 4.